The summed E-state index contributed by atoms with van der Waals surface area (Å²) >= 11 is 5.78. The van der Waals surface area contributed by atoms with E-state index in [0.29, 0.717) is 22.0 Å². The van der Waals surface area contributed by atoms with Crippen molar-refractivity contribution in [1.82, 2.24) is 0 Å². The first-order valence-corrected chi connectivity index (χ1v) is 7.29. The van der Waals surface area contributed by atoms with Crippen LogP contribution < -0.4 is 10.1 Å². The van der Waals surface area contributed by atoms with E-state index in [1.807, 2.05) is 0 Å². The number of rotatable bonds is 5. The van der Waals surface area contributed by atoms with E-state index < -0.39 is 18.0 Å². The number of amides is 1. The molecular formula is C17H16ClNO4. The van der Waals surface area contributed by atoms with E-state index in [2.05, 4.69) is 5.32 Å². The zero-order valence-electron chi connectivity index (χ0n) is 12.7. The Kier molecular flexibility index (Phi) is 5.60. The number of ether oxygens (including phenoxy) is 2. The molecule has 0 aliphatic heterocycles. The fraction of sp³-hybridized carbons (Fsp3) is 0.176. The number of methoxy groups -OCH3 is 1. The molecule has 0 aromatic heterocycles. The molecule has 0 aliphatic carbocycles. The second-order valence-corrected chi connectivity index (χ2v) is 5.21. The number of benzene rings is 2. The maximum absolute atomic E-state index is 12.0. The SMILES string of the molecule is COc1ccc(C(=O)O[C@H](C)C(=O)Nc2ccc(Cl)cc2)cc1. The number of hydrogen-bond donors (Lipinski definition) is 1. The van der Waals surface area contributed by atoms with Gasteiger partial charge in [0.25, 0.3) is 5.91 Å². The van der Waals surface area contributed by atoms with E-state index in [1.165, 1.54) is 14.0 Å². The molecule has 0 unspecified atom stereocenters. The average Bonchev–Trinajstić information content (AvgIpc) is 2.56. The predicted molar refractivity (Wildman–Crippen MR) is 88.0 cm³/mol. The zero-order chi connectivity index (χ0) is 16.8. The molecule has 5 nitrogen and oxygen atoms in total. The van der Waals surface area contributed by atoms with Gasteiger partial charge in [0, 0.05) is 10.7 Å². The van der Waals surface area contributed by atoms with Crippen molar-refractivity contribution in [3.63, 3.8) is 0 Å². The molecule has 0 bridgehead atoms. The van der Waals surface area contributed by atoms with Crippen LogP contribution in [-0.2, 0) is 9.53 Å². The number of anilines is 1. The van der Waals surface area contributed by atoms with E-state index >= 15 is 0 Å². The molecule has 0 saturated carbocycles. The Morgan fingerprint density at radius 3 is 2.22 bits per heavy atom. The van der Waals surface area contributed by atoms with Crippen molar-refractivity contribution in [3.05, 3.63) is 59.1 Å². The van der Waals surface area contributed by atoms with Gasteiger partial charge < -0.3 is 14.8 Å². The van der Waals surface area contributed by atoms with E-state index in [0.717, 1.165) is 0 Å². The van der Waals surface area contributed by atoms with Gasteiger partial charge in [0.15, 0.2) is 6.10 Å². The third kappa shape index (κ3) is 4.72. The summed E-state index contributed by atoms with van der Waals surface area (Å²) in [6.07, 6.45) is -0.930. The Balaban J connectivity index is 1.94. The highest BCUT2D eigenvalue weighted by atomic mass is 35.5. The van der Waals surface area contributed by atoms with Gasteiger partial charge in [-0.15, -0.1) is 0 Å². The Morgan fingerprint density at radius 1 is 1.04 bits per heavy atom. The van der Waals surface area contributed by atoms with Gasteiger partial charge in [-0.25, -0.2) is 4.79 Å². The maximum atomic E-state index is 12.0. The van der Waals surface area contributed by atoms with Crippen LogP contribution in [0.2, 0.25) is 5.02 Å². The number of carbonyl (C=O) groups excluding carboxylic acids is 2. The lowest BCUT2D eigenvalue weighted by Gasteiger charge is -2.13. The highest BCUT2D eigenvalue weighted by Gasteiger charge is 2.19. The summed E-state index contributed by atoms with van der Waals surface area (Å²) in [4.78, 5) is 24.0. The van der Waals surface area contributed by atoms with Crippen molar-refractivity contribution in [2.75, 3.05) is 12.4 Å². The summed E-state index contributed by atoms with van der Waals surface area (Å²) in [6.45, 7) is 1.51. The molecule has 6 heteroatoms. The van der Waals surface area contributed by atoms with Crippen LogP contribution in [0.5, 0.6) is 5.75 Å². The molecule has 0 fully saturated rings. The normalized spacial score (nSPS) is 11.4. The van der Waals surface area contributed by atoms with Crippen LogP contribution in [0, 0.1) is 0 Å². The summed E-state index contributed by atoms with van der Waals surface area (Å²) in [5.74, 6) is -0.365. The van der Waals surface area contributed by atoms with Gasteiger partial charge in [-0.3, -0.25) is 4.79 Å². The number of halogens is 1. The van der Waals surface area contributed by atoms with Gasteiger partial charge in [-0.05, 0) is 55.5 Å². The van der Waals surface area contributed by atoms with Crippen LogP contribution in [0.25, 0.3) is 0 Å². The summed E-state index contributed by atoms with van der Waals surface area (Å²) in [5, 5.41) is 3.22. The van der Waals surface area contributed by atoms with Gasteiger partial charge in [0.2, 0.25) is 0 Å². The summed E-state index contributed by atoms with van der Waals surface area (Å²) in [6, 6.07) is 13.1. The molecule has 0 aliphatic rings. The summed E-state index contributed by atoms with van der Waals surface area (Å²) in [5.41, 5.74) is 0.920. The number of nitrogens with one attached hydrogen (secondary N) is 1. The van der Waals surface area contributed by atoms with E-state index in [-0.39, 0.29) is 0 Å². The topological polar surface area (TPSA) is 64.6 Å². The maximum Gasteiger partial charge on any atom is 0.338 e. The first-order valence-electron chi connectivity index (χ1n) is 6.91. The molecular weight excluding hydrogens is 318 g/mol. The molecule has 0 heterocycles. The van der Waals surface area contributed by atoms with E-state index in [9.17, 15) is 9.59 Å². The molecule has 0 saturated heterocycles. The second-order valence-electron chi connectivity index (χ2n) is 4.77. The highest BCUT2D eigenvalue weighted by molar-refractivity contribution is 6.30. The van der Waals surface area contributed by atoms with Crippen LogP contribution in [0.3, 0.4) is 0 Å². The number of hydrogen-bond acceptors (Lipinski definition) is 4. The lowest BCUT2D eigenvalue weighted by Crippen LogP contribution is -2.29. The average molecular weight is 334 g/mol. The Hall–Kier alpha value is -2.53. The molecule has 1 N–H and O–H groups in total. The third-order valence-electron chi connectivity index (χ3n) is 3.09. The zero-order valence-corrected chi connectivity index (χ0v) is 13.5. The van der Waals surface area contributed by atoms with Crippen molar-refractivity contribution < 1.29 is 19.1 Å². The Labute approximate surface area is 139 Å². The largest absolute Gasteiger partial charge is 0.497 e. The molecule has 2 rings (SSSR count). The van der Waals surface area contributed by atoms with Crippen molar-refractivity contribution in [3.8, 4) is 5.75 Å². The number of esters is 1. The molecule has 23 heavy (non-hydrogen) atoms. The van der Waals surface area contributed by atoms with Crippen LogP contribution in [0.15, 0.2) is 48.5 Å². The number of carbonyl (C=O) groups is 2. The van der Waals surface area contributed by atoms with Crippen LogP contribution in [0.4, 0.5) is 5.69 Å². The molecule has 2 aromatic rings. The van der Waals surface area contributed by atoms with Gasteiger partial charge in [-0.2, -0.15) is 0 Å². The second kappa shape index (κ2) is 7.65. The predicted octanol–water partition coefficient (Wildman–Crippen LogP) is 3.53. The lowest BCUT2D eigenvalue weighted by molar-refractivity contribution is -0.123. The fourth-order valence-electron chi connectivity index (χ4n) is 1.79. The van der Waals surface area contributed by atoms with Crippen LogP contribution >= 0.6 is 11.6 Å². The van der Waals surface area contributed by atoms with Gasteiger partial charge >= 0.3 is 5.97 Å². The van der Waals surface area contributed by atoms with E-state index in [4.69, 9.17) is 21.1 Å². The summed E-state index contributed by atoms with van der Waals surface area (Å²) < 4.78 is 10.2. The van der Waals surface area contributed by atoms with Crippen molar-refractivity contribution >= 4 is 29.2 Å². The molecule has 1 amide bonds. The smallest absolute Gasteiger partial charge is 0.338 e. The minimum absolute atomic E-state index is 0.344. The fourth-order valence-corrected chi connectivity index (χ4v) is 1.91. The Morgan fingerprint density at radius 2 is 1.65 bits per heavy atom. The first kappa shape index (κ1) is 16.8. The molecule has 2 aromatic carbocycles. The first-order chi connectivity index (χ1) is 11.0. The lowest BCUT2D eigenvalue weighted by atomic mass is 10.2. The molecule has 0 spiro atoms. The third-order valence-corrected chi connectivity index (χ3v) is 3.34. The summed E-state index contributed by atoms with van der Waals surface area (Å²) in [7, 11) is 1.54. The van der Waals surface area contributed by atoms with E-state index in [1.54, 1.807) is 48.5 Å². The Bertz CT molecular complexity index is 683. The monoisotopic (exact) mass is 333 g/mol. The molecule has 0 radical (unpaired) electrons. The van der Waals surface area contributed by atoms with Gasteiger partial charge in [0.1, 0.15) is 5.75 Å². The highest BCUT2D eigenvalue weighted by Crippen LogP contribution is 2.15. The molecule has 1 atom stereocenters. The minimum Gasteiger partial charge on any atom is -0.497 e. The standard InChI is InChI=1S/C17H16ClNO4/c1-11(16(20)19-14-7-5-13(18)6-8-14)23-17(21)12-3-9-15(22-2)10-4-12/h3-11H,1-2H3,(H,19,20)/t11-/m1/s1. The van der Waals surface area contributed by atoms with Crippen LogP contribution in [-0.4, -0.2) is 25.1 Å². The van der Waals surface area contributed by atoms with Crippen molar-refractivity contribution in [1.29, 1.82) is 0 Å². The quantitative estimate of drug-likeness (QED) is 0.850. The van der Waals surface area contributed by atoms with Crippen LogP contribution in [0.1, 0.15) is 17.3 Å². The van der Waals surface area contributed by atoms with Gasteiger partial charge in [-0.1, -0.05) is 11.6 Å². The van der Waals surface area contributed by atoms with Gasteiger partial charge in [0.05, 0.1) is 12.7 Å². The van der Waals surface area contributed by atoms with Crippen molar-refractivity contribution in [2.24, 2.45) is 0 Å². The minimum atomic E-state index is -0.930. The molecule has 120 valence electrons. The van der Waals surface area contributed by atoms with Crippen molar-refractivity contribution in [2.45, 2.75) is 13.0 Å².